The van der Waals surface area contributed by atoms with Crippen molar-refractivity contribution in [2.24, 2.45) is 0 Å². The summed E-state index contributed by atoms with van der Waals surface area (Å²) in [5.74, 6) is 0.418. The molecule has 0 radical (unpaired) electrons. The number of benzene rings is 2. The van der Waals surface area contributed by atoms with E-state index in [1.807, 2.05) is 0 Å². The number of hydrogen-bond donors (Lipinski definition) is 2. The van der Waals surface area contributed by atoms with E-state index in [-0.39, 0.29) is 5.54 Å². The van der Waals surface area contributed by atoms with Crippen LogP contribution in [0.3, 0.4) is 0 Å². The lowest BCUT2D eigenvalue weighted by Gasteiger charge is -2.50. The Balaban J connectivity index is 1.75. The Morgan fingerprint density at radius 1 is 0.857 bits per heavy atom. The summed E-state index contributed by atoms with van der Waals surface area (Å²) in [5.41, 5.74) is 3.00. The molecule has 0 unspecified atom stereocenters. The zero-order valence-electron chi connectivity index (χ0n) is 12.3. The molecule has 2 N–H and O–H groups in total. The van der Waals surface area contributed by atoms with Crippen molar-refractivity contribution in [3.05, 3.63) is 71.8 Å². The monoisotopic (exact) mass is 278 g/mol. The number of nitrogens with one attached hydrogen (secondary N) is 2. The van der Waals surface area contributed by atoms with Crippen LogP contribution in [0.15, 0.2) is 60.7 Å². The normalized spacial score (nSPS) is 20.2. The van der Waals surface area contributed by atoms with E-state index >= 15 is 0 Å². The topological polar surface area (TPSA) is 24.1 Å². The van der Waals surface area contributed by atoms with Crippen molar-refractivity contribution in [2.45, 2.75) is 30.3 Å². The van der Waals surface area contributed by atoms with Crippen LogP contribution in [0.2, 0.25) is 0 Å². The maximum Gasteiger partial charge on any atom is 0.0544 e. The fraction of sp³-hybridized carbons (Fsp3) is 0.368. The summed E-state index contributed by atoms with van der Waals surface area (Å²) in [6, 6.07) is 22.6. The lowest BCUT2D eigenvalue weighted by molar-refractivity contribution is 0.186. The van der Waals surface area contributed by atoms with Gasteiger partial charge in [0.2, 0.25) is 0 Å². The minimum atomic E-state index is 0.171. The van der Waals surface area contributed by atoms with Gasteiger partial charge in [0.25, 0.3) is 0 Å². The fourth-order valence-electron chi connectivity index (χ4n) is 3.54. The molecule has 2 nitrogen and oxygen atoms in total. The van der Waals surface area contributed by atoms with Crippen molar-refractivity contribution < 1.29 is 0 Å². The molecule has 21 heavy (non-hydrogen) atoms. The fourth-order valence-corrected chi connectivity index (χ4v) is 3.54. The summed E-state index contributed by atoms with van der Waals surface area (Å²) in [4.78, 5) is 0. The summed E-state index contributed by atoms with van der Waals surface area (Å²) >= 11 is 0. The second-order valence-corrected chi connectivity index (χ2v) is 6.43. The van der Waals surface area contributed by atoms with Gasteiger partial charge in [-0.25, -0.2) is 0 Å². The van der Waals surface area contributed by atoms with Gasteiger partial charge in [-0.3, -0.25) is 0 Å². The quantitative estimate of drug-likeness (QED) is 0.879. The van der Waals surface area contributed by atoms with E-state index in [1.165, 1.54) is 24.0 Å². The molecular formula is C19H22N2. The first-order chi connectivity index (χ1) is 10.4. The van der Waals surface area contributed by atoms with Crippen molar-refractivity contribution in [2.75, 3.05) is 13.1 Å². The van der Waals surface area contributed by atoms with E-state index < -0.39 is 0 Å². The first-order valence-corrected chi connectivity index (χ1v) is 7.96. The third-order valence-corrected chi connectivity index (χ3v) is 4.77. The van der Waals surface area contributed by atoms with Gasteiger partial charge >= 0.3 is 0 Å². The molecule has 1 saturated heterocycles. The first-order valence-electron chi connectivity index (χ1n) is 7.96. The molecule has 1 heterocycles. The molecule has 1 saturated carbocycles. The molecule has 4 rings (SSSR count). The van der Waals surface area contributed by atoms with Crippen molar-refractivity contribution in [3.8, 4) is 0 Å². The largest absolute Gasteiger partial charge is 0.313 e. The zero-order chi connectivity index (χ0) is 14.1. The summed E-state index contributed by atoms with van der Waals surface area (Å²) in [6.45, 7) is 2.11. The summed E-state index contributed by atoms with van der Waals surface area (Å²) in [7, 11) is 0. The standard InChI is InChI=1S/C19H22N2/c1-3-7-15(8-4-1)18(16-9-5-2-6-10-16)19(13-20-14-19)21-17-11-12-17/h1-10,17-18,20-21H,11-14H2. The molecule has 108 valence electrons. The van der Waals surface area contributed by atoms with Crippen LogP contribution >= 0.6 is 0 Å². The lowest BCUT2D eigenvalue weighted by atomic mass is 9.71. The van der Waals surface area contributed by atoms with E-state index in [0.29, 0.717) is 5.92 Å². The Hall–Kier alpha value is -1.64. The van der Waals surface area contributed by atoms with Gasteiger partial charge < -0.3 is 10.6 Å². The van der Waals surface area contributed by atoms with Crippen molar-refractivity contribution in [1.29, 1.82) is 0 Å². The van der Waals surface area contributed by atoms with Crippen LogP contribution in [0.5, 0.6) is 0 Å². The predicted octanol–water partition coefficient (Wildman–Crippen LogP) is 2.91. The molecule has 0 bridgehead atoms. The third-order valence-electron chi connectivity index (χ3n) is 4.77. The van der Waals surface area contributed by atoms with Gasteiger partial charge in [-0.05, 0) is 24.0 Å². The Morgan fingerprint density at radius 2 is 1.38 bits per heavy atom. The maximum atomic E-state index is 3.94. The SMILES string of the molecule is c1ccc(C(c2ccccc2)C2(NC3CC3)CNC2)cc1. The van der Waals surface area contributed by atoms with Crippen LogP contribution in [-0.2, 0) is 0 Å². The Morgan fingerprint density at radius 3 is 1.76 bits per heavy atom. The highest BCUT2D eigenvalue weighted by Gasteiger charge is 2.47. The van der Waals surface area contributed by atoms with Gasteiger partial charge in [-0.1, -0.05) is 60.7 Å². The van der Waals surface area contributed by atoms with Gasteiger partial charge in [-0.2, -0.15) is 0 Å². The predicted molar refractivity (Wildman–Crippen MR) is 86.5 cm³/mol. The van der Waals surface area contributed by atoms with E-state index in [2.05, 4.69) is 71.3 Å². The minimum Gasteiger partial charge on any atom is -0.313 e. The van der Waals surface area contributed by atoms with Crippen molar-refractivity contribution in [3.63, 3.8) is 0 Å². The molecule has 2 aliphatic rings. The molecule has 0 aromatic heterocycles. The Labute approximate surface area is 126 Å². The summed E-state index contributed by atoms with van der Waals surface area (Å²) < 4.78 is 0. The number of hydrogen-bond acceptors (Lipinski definition) is 2. The lowest BCUT2D eigenvalue weighted by Crippen LogP contribution is -2.71. The molecule has 0 atom stereocenters. The minimum absolute atomic E-state index is 0.171. The van der Waals surface area contributed by atoms with Gasteiger partial charge in [0.1, 0.15) is 0 Å². The Kier molecular flexibility index (Phi) is 3.28. The molecule has 2 aromatic carbocycles. The summed E-state index contributed by atoms with van der Waals surface area (Å²) in [6.07, 6.45) is 2.66. The molecule has 1 aliphatic carbocycles. The second kappa shape index (κ2) is 5.28. The highest BCUT2D eigenvalue weighted by Crippen LogP contribution is 2.39. The van der Waals surface area contributed by atoms with Gasteiger partial charge in [-0.15, -0.1) is 0 Å². The smallest absolute Gasteiger partial charge is 0.0544 e. The highest BCUT2D eigenvalue weighted by atomic mass is 15.2. The molecule has 2 fully saturated rings. The molecule has 0 spiro atoms. The molecule has 1 aliphatic heterocycles. The van der Waals surface area contributed by atoms with Crippen LogP contribution < -0.4 is 10.6 Å². The zero-order valence-corrected chi connectivity index (χ0v) is 12.3. The number of rotatable bonds is 5. The summed E-state index contributed by atoms with van der Waals surface area (Å²) in [5, 5.41) is 7.43. The van der Waals surface area contributed by atoms with Gasteiger partial charge in [0.15, 0.2) is 0 Å². The van der Waals surface area contributed by atoms with Gasteiger partial charge in [0.05, 0.1) is 5.54 Å². The molecule has 2 aromatic rings. The van der Waals surface area contributed by atoms with E-state index in [4.69, 9.17) is 0 Å². The highest BCUT2D eigenvalue weighted by molar-refractivity contribution is 5.39. The third kappa shape index (κ3) is 2.50. The molecule has 0 amide bonds. The van der Waals surface area contributed by atoms with Crippen LogP contribution in [-0.4, -0.2) is 24.7 Å². The van der Waals surface area contributed by atoms with E-state index in [9.17, 15) is 0 Å². The van der Waals surface area contributed by atoms with E-state index in [1.54, 1.807) is 0 Å². The van der Waals surface area contributed by atoms with Crippen LogP contribution in [0.4, 0.5) is 0 Å². The Bertz CT molecular complexity index is 546. The maximum absolute atomic E-state index is 3.94. The van der Waals surface area contributed by atoms with Crippen LogP contribution in [0.25, 0.3) is 0 Å². The first kappa shape index (κ1) is 13.1. The molecular weight excluding hydrogens is 256 g/mol. The average molecular weight is 278 g/mol. The van der Waals surface area contributed by atoms with Gasteiger partial charge in [0, 0.05) is 25.0 Å². The second-order valence-electron chi connectivity index (χ2n) is 6.43. The van der Waals surface area contributed by atoms with Crippen molar-refractivity contribution in [1.82, 2.24) is 10.6 Å². The van der Waals surface area contributed by atoms with Crippen LogP contribution in [0.1, 0.15) is 29.9 Å². The van der Waals surface area contributed by atoms with E-state index in [0.717, 1.165) is 19.1 Å². The van der Waals surface area contributed by atoms with Crippen LogP contribution in [0, 0.1) is 0 Å². The van der Waals surface area contributed by atoms with Crippen molar-refractivity contribution >= 4 is 0 Å². The average Bonchev–Trinajstić information content (AvgIpc) is 3.31. The molecule has 2 heteroatoms.